The Bertz CT molecular complexity index is 883. The number of fused-ring (bicyclic) bond motifs is 1. The van der Waals surface area contributed by atoms with Crippen molar-refractivity contribution in [3.63, 3.8) is 0 Å². The fourth-order valence-electron chi connectivity index (χ4n) is 3.32. The van der Waals surface area contributed by atoms with Gasteiger partial charge in [0.15, 0.2) is 0 Å². The van der Waals surface area contributed by atoms with Gasteiger partial charge in [0, 0.05) is 0 Å². The Morgan fingerprint density at radius 3 is 2.76 bits per heavy atom. The quantitative estimate of drug-likeness (QED) is 0.604. The molecule has 0 saturated heterocycles. The summed E-state index contributed by atoms with van der Waals surface area (Å²) >= 11 is 0. The highest BCUT2D eigenvalue weighted by Gasteiger charge is 2.31. The van der Waals surface area contributed by atoms with Gasteiger partial charge in [0.2, 0.25) is 5.88 Å². The van der Waals surface area contributed by atoms with Gasteiger partial charge < -0.3 is 24.8 Å². The molecule has 8 nitrogen and oxygen atoms in total. The first-order valence-electron chi connectivity index (χ1n) is 9.66. The number of carbonyl (C=O) groups is 1. The number of hydrogen-bond donors (Lipinski definition) is 3. The van der Waals surface area contributed by atoms with Gasteiger partial charge in [0.1, 0.15) is 11.4 Å². The van der Waals surface area contributed by atoms with Crippen molar-refractivity contribution in [1.29, 1.82) is 0 Å². The van der Waals surface area contributed by atoms with Crippen LogP contribution in [0, 0.1) is 6.92 Å². The number of amides is 1. The van der Waals surface area contributed by atoms with E-state index in [-0.39, 0.29) is 17.6 Å². The number of benzene rings is 1. The monoisotopic (exact) mass is 399 g/mol. The third kappa shape index (κ3) is 4.75. The van der Waals surface area contributed by atoms with Gasteiger partial charge >= 0.3 is 7.12 Å². The maximum atomic E-state index is 12.5. The first kappa shape index (κ1) is 21.2. The lowest BCUT2D eigenvalue weighted by molar-refractivity contribution is 0.0318. The maximum absolute atomic E-state index is 12.5. The first-order valence-corrected chi connectivity index (χ1v) is 9.66. The Labute approximate surface area is 170 Å². The van der Waals surface area contributed by atoms with Crippen molar-refractivity contribution in [1.82, 2.24) is 15.3 Å². The Morgan fingerprint density at radius 1 is 1.38 bits per heavy atom. The van der Waals surface area contributed by atoms with Crippen molar-refractivity contribution in [2.45, 2.75) is 58.8 Å². The Morgan fingerprint density at radius 2 is 2.14 bits per heavy atom. The molecular formula is C20H26BN3O5. The van der Waals surface area contributed by atoms with Crippen LogP contribution in [0.1, 0.15) is 55.2 Å². The number of nitrogens with zero attached hydrogens (tertiary/aromatic N) is 2. The summed E-state index contributed by atoms with van der Waals surface area (Å²) in [5, 5.41) is 23.0. The standard InChI is InChI=1S/C20H26BN3O5/c1-5-6-16(20(3,4)26)24-19(25)14-9-23-17(10-22-14)29-15-8-7-13-11-28-21(27)18(13)12(15)2/h7-10,16,26-27H,5-6,11H2,1-4H3,(H,24,25). The summed E-state index contributed by atoms with van der Waals surface area (Å²) in [4.78, 5) is 20.8. The Kier molecular flexibility index (Phi) is 6.21. The minimum absolute atomic E-state index is 0.136. The van der Waals surface area contributed by atoms with Crippen molar-refractivity contribution >= 4 is 18.5 Å². The van der Waals surface area contributed by atoms with E-state index in [0.29, 0.717) is 24.2 Å². The van der Waals surface area contributed by atoms with Gasteiger partial charge in [-0.2, -0.15) is 0 Å². The van der Waals surface area contributed by atoms with E-state index in [4.69, 9.17) is 9.39 Å². The smallest absolute Gasteiger partial charge is 0.437 e. The molecule has 0 saturated carbocycles. The molecule has 3 rings (SSSR count). The maximum Gasteiger partial charge on any atom is 0.492 e. The van der Waals surface area contributed by atoms with Crippen LogP contribution in [0.4, 0.5) is 0 Å². The van der Waals surface area contributed by atoms with Crippen LogP contribution in [0.5, 0.6) is 11.6 Å². The second kappa shape index (κ2) is 8.48. The average Bonchev–Trinajstić information content (AvgIpc) is 3.05. The molecule has 0 bridgehead atoms. The summed E-state index contributed by atoms with van der Waals surface area (Å²) in [6.07, 6.45) is 4.18. The third-order valence-corrected chi connectivity index (χ3v) is 5.01. The minimum atomic E-state index is -1.04. The predicted molar refractivity (Wildman–Crippen MR) is 108 cm³/mol. The van der Waals surface area contributed by atoms with E-state index < -0.39 is 18.6 Å². The predicted octanol–water partition coefficient (Wildman–Crippen LogP) is 1.46. The molecule has 154 valence electrons. The molecule has 0 spiro atoms. The SMILES string of the molecule is CCCC(NC(=O)c1cnc(Oc2ccc3c(c2C)B(O)OC3)cn1)C(C)(C)O. The van der Waals surface area contributed by atoms with Gasteiger partial charge in [0.25, 0.3) is 5.91 Å². The Hall–Kier alpha value is -2.49. The van der Waals surface area contributed by atoms with Crippen LogP contribution in [0.2, 0.25) is 0 Å². The summed E-state index contributed by atoms with van der Waals surface area (Å²) in [7, 11) is -0.961. The summed E-state index contributed by atoms with van der Waals surface area (Å²) in [5.41, 5.74) is 1.50. The second-order valence-corrected chi connectivity index (χ2v) is 7.74. The third-order valence-electron chi connectivity index (χ3n) is 5.01. The first-order chi connectivity index (χ1) is 13.7. The molecule has 2 heterocycles. The molecular weight excluding hydrogens is 373 g/mol. The topological polar surface area (TPSA) is 114 Å². The van der Waals surface area contributed by atoms with E-state index in [1.165, 1.54) is 12.4 Å². The molecule has 1 aliphatic rings. The van der Waals surface area contributed by atoms with E-state index in [1.807, 2.05) is 19.9 Å². The molecule has 0 radical (unpaired) electrons. The zero-order valence-electron chi connectivity index (χ0n) is 17.1. The zero-order chi connectivity index (χ0) is 21.2. The Balaban J connectivity index is 1.71. The molecule has 1 aliphatic heterocycles. The van der Waals surface area contributed by atoms with Crippen LogP contribution >= 0.6 is 0 Å². The summed E-state index contributed by atoms with van der Waals surface area (Å²) in [5.74, 6) is 0.356. The van der Waals surface area contributed by atoms with Crippen molar-refractivity contribution in [3.8, 4) is 11.6 Å². The van der Waals surface area contributed by atoms with E-state index >= 15 is 0 Å². The average molecular weight is 399 g/mol. The lowest BCUT2D eigenvalue weighted by Crippen LogP contribution is -2.49. The van der Waals surface area contributed by atoms with Crippen LogP contribution in [0.3, 0.4) is 0 Å². The minimum Gasteiger partial charge on any atom is -0.437 e. The molecule has 0 aliphatic carbocycles. The second-order valence-electron chi connectivity index (χ2n) is 7.74. The highest BCUT2D eigenvalue weighted by atomic mass is 16.5. The molecule has 2 aromatic rings. The van der Waals surface area contributed by atoms with Crippen LogP contribution in [0.15, 0.2) is 24.5 Å². The zero-order valence-corrected chi connectivity index (χ0v) is 17.1. The van der Waals surface area contributed by atoms with Crippen molar-refractivity contribution in [3.05, 3.63) is 41.3 Å². The highest BCUT2D eigenvalue weighted by molar-refractivity contribution is 6.62. The molecule has 1 unspecified atom stereocenters. The largest absolute Gasteiger partial charge is 0.492 e. The summed E-state index contributed by atoms with van der Waals surface area (Å²) in [6.45, 7) is 7.52. The number of aromatic nitrogens is 2. The fraction of sp³-hybridized carbons (Fsp3) is 0.450. The van der Waals surface area contributed by atoms with Crippen LogP contribution in [-0.4, -0.2) is 44.8 Å². The van der Waals surface area contributed by atoms with Gasteiger partial charge in [-0.1, -0.05) is 19.4 Å². The number of hydrogen-bond acceptors (Lipinski definition) is 7. The molecule has 1 aromatic heterocycles. The van der Waals surface area contributed by atoms with Gasteiger partial charge in [-0.05, 0) is 49.8 Å². The van der Waals surface area contributed by atoms with Crippen LogP contribution in [-0.2, 0) is 11.3 Å². The van der Waals surface area contributed by atoms with Gasteiger partial charge in [-0.25, -0.2) is 9.97 Å². The molecule has 29 heavy (non-hydrogen) atoms. The van der Waals surface area contributed by atoms with Gasteiger partial charge in [0.05, 0.1) is 30.6 Å². The van der Waals surface area contributed by atoms with Crippen molar-refractivity contribution in [2.24, 2.45) is 0 Å². The number of ether oxygens (including phenoxy) is 1. The van der Waals surface area contributed by atoms with Crippen molar-refractivity contribution < 1.29 is 24.3 Å². The number of carbonyl (C=O) groups excluding carboxylic acids is 1. The lowest BCUT2D eigenvalue weighted by atomic mass is 9.76. The molecule has 0 fully saturated rings. The normalized spacial score (nSPS) is 14.5. The number of nitrogens with one attached hydrogen (secondary N) is 1. The van der Waals surface area contributed by atoms with E-state index in [1.54, 1.807) is 19.9 Å². The molecule has 9 heteroatoms. The molecule has 1 aromatic carbocycles. The summed E-state index contributed by atoms with van der Waals surface area (Å²) in [6, 6.07) is 3.24. The number of aliphatic hydroxyl groups is 1. The van der Waals surface area contributed by atoms with Crippen LogP contribution in [0.25, 0.3) is 0 Å². The molecule has 1 amide bonds. The van der Waals surface area contributed by atoms with Gasteiger partial charge in [-0.3, -0.25) is 4.79 Å². The van der Waals surface area contributed by atoms with E-state index in [2.05, 4.69) is 15.3 Å². The van der Waals surface area contributed by atoms with E-state index in [0.717, 1.165) is 17.5 Å². The molecule has 3 N–H and O–H groups in total. The highest BCUT2D eigenvalue weighted by Crippen LogP contribution is 2.25. The lowest BCUT2D eigenvalue weighted by Gasteiger charge is -2.29. The fourth-order valence-corrected chi connectivity index (χ4v) is 3.32. The van der Waals surface area contributed by atoms with Crippen LogP contribution < -0.4 is 15.5 Å². The number of rotatable bonds is 7. The summed E-state index contributed by atoms with van der Waals surface area (Å²) < 4.78 is 11.0. The van der Waals surface area contributed by atoms with E-state index in [9.17, 15) is 14.9 Å². The van der Waals surface area contributed by atoms with Gasteiger partial charge in [-0.15, -0.1) is 0 Å². The van der Waals surface area contributed by atoms with Crippen molar-refractivity contribution in [2.75, 3.05) is 0 Å². The molecule has 1 atom stereocenters.